The summed E-state index contributed by atoms with van der Waals surface area (Å²) in [4.78, 5) is 12.4. The highest BCUT2D eigenvalue weighted by molar-refractivity contribution is 9.10. The van der Waals surface area contributed by atoms with E-state index >= 15 is 0 Å². The molecule has 110 valence electrons. The van der Waals surface area contributed by atoms with Gasteiger partial charge in [0, 0.05) is 16.5 Å². The minimum absolute atomic E-state index is 0.0174. The molecule has 0 fully saturated rings. The number of halogens is 2. The van der Waals surface area contributed by atoms with E-state index in [1.165, 1.54) is 13.2 Å². The summed E-state index contributed by atoms with van der Waals surface area (Å²) < 4.78 is 20.0. The average molecular weight is 351 g/mol. The zero-order valence-electron chi connectivity index (χ0n) is 12.2. The number of hydrogen-bond acceptors (Lipinski definition) is 2. The molecule has 0 unspecified atom stereocenters. The van der Waals surface area contributed by atoms with Crippen molar-refractivity contribution in [1.29, 1.82) is 0 Å². The molecule has 2 rings (SSSR count). The van der Waals surface area contributed by atoms with E-state index in [2.05, 4.69) is 15.9 Å². The normalized spacial score (nSPS) is 10.5. The Bertz CT molecular complexity index is 672. The fourth-order valence-electron chi connectivity index (χ4n) is 2.23. The van der Waals surface area contributed by atoms with Gasteiger partial charge in [-0.3, -0.25) is 4.79 Å². The van der Waals surface area contributed by atoms with Gasteiger partial charge in [0.15, 0.2) is 17.3 Å². The van der Waals surface area contributed by atoms with E-state index in [4.69, 9.17) is 4.74 Å². The fraction of sp³-hybridized carbons (Fsp3) is 0.235. The Labute approximate surface area is 132 Å². The molecule has 0 N–H and O–H groups in total. The van der Waals surface area contributed by atoms with Gasteiger partial charge in [-0.2, -0.15) is 0 Å². The Morgan fingerprint density at radius 3 is 2.43 bits per heavy atom. The van der Waals surface area contributed by atoms with Crippen molar-refractivity contribution in [3.8, 4) is 5.75 Å². The van der Waals surface area contributed by atoms with Crippen molar-refractivity contribution in [3.63, 3.8) is 0 Å². The van der Waals surface area contributed by atoms with Crippen molar-refractivity contribution in [2.45, 2.75) is 20.3 Å². The van der Waals surface area contributed by atoms with Gasteiger partial charge in [-0.1, -0.05) is 28.1 Å². The number of methoxy groups -OCH3 is 1. The molecule has 0 saturated heterocycles. The summed E-state index contributed by atoms with van der Waals surface area (Å²) in [5.41, 5.74) is 2.92. The van der Waals surface area contributed by atoms with E-state index in [1.54, 1.807) is 12.1 Å². The Kier molecular flexibility index (Phi) is 4.78. The first-order chi connectivity index (χ1) is 9.93. The molecule has 0 atom stereocenters. The summed E-state index contributed by atoms with van der Waals surface area (Å²) in [5.74, 6) is -0.428. The molecule has 4 heteroatoms. The number of hydrogen-bond donors (Lipinski definition) is 0. The first-order valence-electron chi connectivity index (χ1n) is 6.55. The number of ether oxygens (including phenoxy) is 1. The fourth-order valence-corrected chi connectivity index (χ4v) is 2.46. The molecular weight excluding hydrogens is 335 g/mol. The Hall–Kier alpha value is -1.68. The van der Waals surface area contributed by atoms with Crippen LogP contribution in [0.2, 0.25) is 0 Å². The van der Waals surface area contributed by atoms with Crippen molar-refractivity contribution in [2.24, 2.45) is 0 Å². The summed E-state index contributed by atoms with van der Waals surface area (Å²) in [7, 11) is 1.41. The lowest BCUT2D eigenvalue weighted by molar-refractivity contribution is 0.0991. The number of carbonyl (C=O) groups is 1. The van der Waals surface area contributed by atoms with E-state index in [0.29, 0.717) is 11.1 Å². The van der Waals surface area contributed by atoms with Gasteiger partial charge in [-0.15, -0.1) is 0 Å². The third-order valence-corrected chi connectivity index (χ3v) is 4.62. The van der Waals surface area contributed by atoms with E-state index in [9.17, 15) is 9.18 Å². The molecule has 2 aromatic carbocycles. The van der Waals surface area contributed by atoms with Crippen LogP contribution >= 0.6 is 15.9 Å². The van der Waals surface area contributed by atoms with Crippen LogP contribution in [-0.2, 0) is 6.42 Å². The molecule has 0 amide bonds. The van der Waals surface area contributed by atoms with Crippen molar-refractivity contribution in [2.75, 3.05) is 7.11 Å². The third kappa shape index (κ3) is 3.32. The van der Waals surface area contributed by atoms with E-state index < -0.39 is 5.82 Å². The van der Waals surface area contributed by atoms with Crippen LogP contribution in [0.5, 0.6) is 5.75 Å². The summed E-state index contributed by atoms with van der Waals surface area (Å²) in [6, 6.07) is 8.46. The van der Waals surface area contributed by atoms with E-state index in [1.807, 2.05) is 26.0 Å². The Morgan fingerprint density at radius 2 is 1.86 bits per heavy atom. The standard InChI is InChI=1S/C17H16BrFO2/c1-10-7-13(8-11(2)16(10)18)14(20)9-12-5-4-6-15(21-3)17(12)19/h4-8H,9H2,1-3H3. The first kappa shape index (κ1) is 15.7. The molecule has 0 bridgehead atoms. The average Bonchev–Trinajstić information content (AvgIpc) is 2.46. The van der Waals surface area contributed by atoms with Crippen LogP contribution in [0.1, 0.15) is 27.0 Å². The Balaban J connectivity index is 2.30. The first-order valence-corrected chi connectivity index (χ1v) is 7.34. The highest BCUT2D eigenvalue weighted by Crippen LogP contribution is 2.25. The van der Waals surface area contributed by atoms with Crippen molar-refractivity contribution >= 4 is 21.7 Å². The van der Waals surface area contributed by atoms with Crippen LogP contribution in [0.3, 0.4) is 0 Å². The highest BCUT2D eigenvalue weighted by atomic mass is 79.9. The molecular formula is C17H16BrFO2. The third-order valence-electron chi connectivity index (χ3n) is 3.37. The quantitative estimate of drug-likeness (QED) is 0.751. The summed E-state index contributed by atoms with van der Waals surface area (Å²) in [6.45, 7) is 3.86. The molecule has 2 aromatic rings. The monoisotopic (exact) mass is 350 g/mol. The lowest BCUT2D eigenvalue weighted by Crippen LogP contribution is -2.07. The van der Waals surface area contributed by atoms with E-state index in [-0.39, 0.29) is 18.0 Å². The molecule has 0 aliphatic heterocycles. The number of aryl methyl sites for hydroxylation is 2. The molecule has 0 spiro atoms. The molecule has 0 radical (unpaired) electrons. The molecule has 0 aromatic heterocycles. The smallest absolute Gasteiger partial charge is 0.168 e. The largest absolute Gasteiger partial charge is 0.494 e. The van der Waals surface area contributed by atoms with Crippen LogP contribution in [0.15, 0.2) is 34.8 Å². The van der Waals surface area contributed by atoms with E-state index in [0.717, 1.165) is 15.6 Å². The molecule has 0 aliphatic rings. The maximum atomic E-state index is 14.1. The molecule has 2 nitrogen and oxygen atoms in total. The van der Waals surface area contributed by atoms with Gasteiger partial charge in [-0.25, -0.2) is 4.39 Å². The van der Waals surface area contributed by atoms with Crippen LogP contribution in [-0.4, -0.2) is 12.9 Å². The van der Waals surface area contributed by atoms with Crippen LogP contribution in [0.25, 0.3) is 0 Å². The summed E-state index contributed by atoms with van der Waals surface area (Å²) >= 11 is 3.47. The van der Waals surface area contributed by atoms with Crippen LogP contribution in [0.4, 0.5) is 4.39 Å². The number of Topliss-reactive ketones (excluding diaryl/α,β-unsaturated/α-hetero) is 1. The Morgan fingerprint density at radius 1 is 1.24 bits per heavy atom. The number of benzene rings is 2. The molecule has 0 heterocycles. The topological polar surface area (TPSA) is 26.3 Å². The highest BCUT2D eigenvalue weighted by Gasteiger charge is 2.15. The maximum absolute atomic E-state index is 14.1. The van der Waals surface area contributed by atoms with Crippen LogP contribution in [0, 0.1) is 19.7 Å². The number of carbonyl (C=O) groups excluding carboxylic acids is 1. The SMILES string of the molecule is COc1cccc(CC(=O)c2cc(C)c(Br)c(C)c2)c1F. The lowest BCUT2D eigenvalue weighted by Gasteiger charge is -2.09. The number of ketones is 1. The maximum Gasteiger partial charge on any atom is 0.168 e. The zero-order valence-corrected chi connectivity index (χ0v) is 13.8. The van der Waals surface area contributed by atoms with Gasteiger partial charge in [0.25, 0.3) is 0 Å². The van der Waals surface area contributed by atoms with Gasteiger partial charge < -0.3 is 4.74 Å². The number of rotatable bonds is 4. The predicted octanol–water partition coefficient (Wildman–Crippen LogP) is 4.64. The predicted molar refractivity (Wildman–Crippen MR) is 84.6 cm³/mol. The second-order valence-corrected chi connectivity index (χ2v) is 5.75. The second-order valence-electron chi connectivity index (χ2n) is 4.96. The molecule has 0 saturated carbocycles. The zero-order chi connectivity index (χ0) is 15.6. The summed E-state index contributed by atoms with van der Waals surface area (Å²) in [6.07, 6.45) is 0.0174. The van der Waals surface area contributed by atoms with Crippen molar-refractivity contribution in [1.82, 2.24) is 0 Å². The minimum Gasteiger partial charge on any atom is -0.494 e. The van der Waals surface area contributed by atoms with Gasteiger partial charge in [0.05, 0.1) is 7.11 Å². The van der Waals surface area contributed by atoms with Crippen LogP contribution < -0.4 is 4.74 Å². The van der Waals surface area contributed by atoms with Gasteiger partial charge in [0.1, 0.15) is 0 Å². The van der Waals surface area contributed by atoms with Gasteiger partial charge >= 0.3 is 0 Å². The minimum atomic E-state index is -0.473. The van der Waals surface area contributed by atoms with Gasteiger partial charge in [0.2, 0.25) is 0 Å². The molecule has 21 heavy (non-hydrogen) atoms. The van der Waals surface area contributed by atoms with Crippen molar-refractivity contribution < 1.29 is 13.9 Å². The van der Waals surface area contributed by atoms with Crippen molar-refractivity contribution in [3.05, 3.63) is 62.9 Å². The van der Waals surface area contributed by atoms with Gasteiger partial charge in [-0.05, 0) is 48.7 Å². The second kappa shape index (κ2) is 6.39. The molecule has 0 aliphatic carbocycles. The lowest BCUT2D eigenvalue weighted by atomic mass is 9.99. The summed E-state index contributed by atoms with van der Waals surface area (Å²) in [5, 5.41) is 0.